The van der Waals surface area contributed by atoms with Crippen LogP contribution in [0.5, 0.6) is 0 Å². The molecule has 0 bridgehead atoms. The standard InChI is InChI=1S/C27H31FN6O/c1-17-25-22(16-23(18-8-9-18)29-26(25)34(3)32-17)27(35)33(2)14-6-4-5-7-21-15-24(31-30-21)19-10-12-20(28)13-11-19/h10-13,15-16,18H,4-9,14H2,1-3H3,(H,30,31). The zero-order valence-corrected chi connectivity index (χ0v) is 20.5. The van der Waals surface area contributed by atoms with Gasteiger partial charge in [-0.05, 0) is 75.4 Å². The van der Waals surface area contributed by atoms with Gasteiger partial charge in [0.1, 0.15) is 5.82 Å². The molecule has 7 nitrogen and oxygen atoms in total. The Balaban J connectivity index is 1.16. The van der Waals surface area contributed by atoms with Crippen LogP contribution in [0.3, 0.4) is 0 Å². The Morgan fingerprint density at radius 1 is 1.17 bits per heavy atom. The maximum Gasteiger partial charge on any atom is 0.254 e. The van der Waals surface area contributed by atoms with Crippen molar-refractivity contribution in [3.63, 3.8) is 0 Å². The molecule has 1 saturated carbocycles. The quantitative estimate of drug-likeness (QED) is 0.340. The van der Waals surface area contributed by atoms with Gasteiger partial charge in [0.25, 0.3) is 5.91 Å². The number of halogens is 1. The molecule has 0 unspecified atom stereocenters. The maximum absolute atomic E-state index is 13.4. The van der Waals surface area contributed by atoms with Crippen LogP contribution in [0.15, 0.2) is 36.4 Å². The number of H-pyrrole nitrogens is 1. The van der Waals surface area contributed by atoms with Crippen LogP contribution in [0.25, 0.3) is 22.3 Å². The third-order valence-electron chi connectivity index (χ3n) is 6.77. The highest BCUT2D eigenvalue weighted by Crippen LogP contribution is 2.40. The van der Waals surface area contributed by atoms with Crippen molar-refractivity contribution in [1.29, 1.82) is 0 Å². The third kappa shape index (κ3) is 4.97. The smallest absolute Gasteiger partial charge is 0.254 e. The first-order chi connectivity index (χ1) is 16.9. The molecule has 1 fully saturated rings. The topological polar surface area (TPSA) is 79.7 Å². The minimum atomic E-state index is -0.250. The normalized spacial score (nSPS) is 13.5. The zero-order valence-electron chi connectivity index (χ0n) is 20.5. The molecular weight excluding hydrogens is 443 g/mol. The average molecular weight is 475 g/mol. The highest BCUT2D eigenvalue weighted by molar-refractivity contribution is 6.06. The molecule has 1 amide bonds. The summed E-state index contributed by atoms with van der Waals surface area (Å²) < 4.78 is 14.9. The van der Waals surface area contributed by atoms with Crippen LogP contribution in [0.2, 0.25) is 0 Å². The van der Waals surface area contributed by atoms with Crippen molar-refractivity contribution in [1.82, 2.24) is 29.9 Å². The van der Waals surface area contributed by atoms with E-state index in [1.807, 2.05) is 38.1 Å². The molecule has 8 heteroatoms. The van der Waals surface area contributed by atoms with Gasteiger partial charge in [-0.2, -0.15) is 10.2 Å². The Morgan fingerprint density at radius 3 is 2.69 bits per heavy atom. The molecule has 0 radical (unpaired) electrons. The van der Waals surface area contributed by atoms with E-state index in [0.29, 0.717) is 12.5 Å². The van der Waals surface area contributed by atoms with E-state index in [0.717, 1.165) is 83.5 Å². The molecule has 1 aromatic carbocycles. The van der Waals surface area contributed by atoms with Crippen molar-refractivity contribution < 1.29 is 9.18 Å². The summed E-state index contributed by atoms with van der Waals surface area (Å²) in [4.78, 5) is 20.0. The zero-order chi connectivity index (χ0) is 24.5. The number of carbonyl (C=O) groups is 1. The van der Waals surface area contributed by atoms with Gasteiger partial charge in [0, 0.05) is 43.5 Å². The lowest BCUT2D eigenvalue weighted by Crippen LogP contribution is -2.28. The predicted molar refractivity (Wildman–Crippen MR) is 134 cm³/mol. The summed E-state index contributed by atoms with van der Waals surface area (Å²) in [5.41, 5.74) is 6.15. The van der Waals surface area contributed by atoms with Gasteiger partial charge in [0.2, 0.25) is 0 Å². The molecule has 1 aliphatic rings. The number of fused-ring (bicyclic) bond motifs is 1. The number of aromatic amines is 1. The van der Waals surface area contributed by atoms with Crippen LogP contribution < -0.4 is 0 Å². The monoisotopic (exact) mass is 474 g/mol. The van der Waals surface area contributed by atoms with E-state index in [1.54, 1.807) is 16.8 Å². The molecule has 3 heterocycles. The van der Waals surface area contributed by atoms with Gasteiger partial charge in [-0.1, -0.05) is 6.42 Å². The number of aromatic nitrogens is 5. The van der Waals surface area contributed by atoms with Gasteiger partial charge in [0.15, 0.2) is 5.65 Å². The van der Waals surface area contributed by atoms with Gasteiger partial charge in [-0.25, -0.2) is 9.37 Å². The lowest BCUT2D eigenvalue weighted by Gasteiger charge is -2.18. The number of amides is 1. The molecule has 1 aliphatic carbocycles. The van der Waals surface area contributed by atoms with Crippen LogP contribution in [0.4, 0.5) is 4.39 Å². The third-order valence-corrected chi connectivity index (χ3v) is 6.77. The molecular formula is C27H31FN6O. The van der Waals surface area contributed by atoms with Gasteiger partial charge < -0.3 is 4.90 Å². The van der Waals surface area contributed by atoms with E-state index in [4.69, 9.17) is 4.98 Å². The Bertz CT molecular complexity index is 1350. The Labute approximate surface area is 204 Å². The SMILES string of the molecule is Cc1nn(C)c2nc(C3CC3)cc(C(=O)N(C)CCCCCc3cc(-c4ccc(F)cc4)n[nH]3)c12. The average Bonchev–Trinajstić information content (AvgIpc) is 3.53. The second kappa shape index (κ2) is 9.60. The highest BCUT2D eigenvalue weighted by atomic mass is 19.1. The number of aryl methyl sites for hydroxylation is 3. The lowest BCUT2D eigenvalue weighted by molar-refractivity contribution is 0.0794. The van der Waals surface area contributed by atoms with Crippen molar-refractivity contribution in [2.45, 2.75) is 51.4 Å². The first kappa shape index (κ1) is 23.2. The summed E-state index contributed by atoms with van der Waals surface area (Å²) in [6, 6.07) is 10.4. The molecule has 35 heavy (non-hydrogen) atoms. The number of unbranched alkanes of at least 4 members (excludes halogenated alkanes) is 2. The van der Waals surface area contributed by atoms with Gasteiger partial charge in [-0.15, -0.1) is 0 Å². The van der Waals surface area contributed by atoms with Crippen molar-refractivity contribution in [2.75, 3.05) is 13.6 Å². The number of benzene rings is 1. The minimum Gasteiger partial charge on any atom is -0.342 e. The Hall–Kier alpha value is -3.55. The number of rotatable bonds is 9. The number of hydrogen-bond donors (Lipinski definition) is 1. The first-order valence-electron chi connectivity index (χ1n) is 12.3. The summed E-state index contributed by atoms with van der Waals surface area (Å²) >= 11 is 0. The molecule has 1 N–H and O–H groups in total. The van der Waals surface area contributed by atoms with E-state index in [-0.39, 0.29) is 11.7 Å². The Kier molecular flexibility index (Phi) is 6.36. The summed E-state index contributed by atoms with van der Waals surface area (Å²) in [6.07, 6.45) is 6.10. The number of nitrogens with one attached hydrogen (secondary N) is 1. The van der Waals surface area contributed by atoms with E-state index >= 15 is 0 Å². The molecule has 5 rings (SSSR count). The largest absolute Gasteiger partial charge is 0.342 e. The maximum atomic E-state index is 13.4. The van der Waals surface area contributed by atoms with Crippen LogP contribution in [-0.2, 0) is 13.5 Å². The molecule has 0 saturated heterocycles. The minimum absolute atomic E-state index is 0.0351. The van der Waals surface area contributed by atoms with E-state index in [9.17, 15) is 9.18 Å². The summed E-state index contributed by atoms with van der Waals surface area (Å²) in [6.45, 7) is 2.64. The molecule has 3 aromatic heterocycles. The van der Waals surface area contributed by atoms with Crippen LogP contribution >= 0.6 is 0 Å². The van der Waals surface area contributed by atoms with Gasteiger partial charge >= 0.3 is 0 Å². The highest BCUT2D eigenvalue weighted by Gasteiger charge is 2.29. The van der Waals surface area contributed by atoms with E-state index in [2.05, 4.69) is 15.3 Å². The second-order valence-corrected chi connectivity index (χ2v) is 9.60. The van der Waals surface area contributed by atoms with Gasteiger partial charge in [-0.3, -0.25) is 14.6 Å². The van der Waals surface area contributed by atoms with Crippen LogP contribution in [0.1, 0.15) is 65.5 Å². The fourth-order valence-corrected chi connectivity index (χ4v) is 4.63. The van der Waals surface area contributed by atoms with Crippen molar-refractivity contribution in [2.24, 2.45) is 7.05 Å². The summed E-state index contributed by atoms with van der Waals surface area (Å²) in [7, 11) is 3.76. The van der Waals surface area contributed by atoms with Crippen molar-refractivity contribution >= 4 is 16.9 Å². The lowest BCUT2D eigenvalue weighted by atomic mass is 10.1. The summed E-state index contributed by atoms with van der Waals surface area (Å²) in [5.74, 6) is 0.255. The van der Waals surface area contributed by atoms with Crippen LogP contribution in [0, 0.1) is 12.7 Å². The molecule has 182 valence electrons. The van der Waals surface area contributed by atoms with E-state index < -0.39 is 0 Å². The number of pyridine rings is 1. The second-order valence-electron chi connectivity index (χ2n) is 9.60. The van der Waals surface area contributed by atoms with Crippen molar-refractivity contribution in [3.8, 4) is 11.3 Å². The van der Waals surface area contributed by atoms with Gasteiger partial charge in [0.05, 0.1) is 22.3 Å². The fourth-order valence-electron chi connectivity index (χ4n) is 4.63. The van der Waals surface area contributed by atoms with E-state index in [1.165, 1.54) is 12.1 Å². The number of nitrogens with zero attached hydrogens (tertiary/aromatic N) is 5. The van der Waals surface area contributed by atoms with Crippen LogP contribution in [-0.4, -0.2) is 49.4 Å². The molecule has 0 spiro atoms. The first-order valence-corrected chi connectivity index (χ1v) is 12.3. The Morgan fingerprint density at radius 2 is 1.94 bits per heavy atom. The number of carbonyl (C=O) groups excluding carboxylic acids is 1. The molecule has 0 atom stereocenters. The fraction of sp³-hybridized carbons (Fsp3) is 0.407. The predicted octanol–water partition coefficient (Wildman–Crippen LogP) is 5.17. The summed E-state index contributed by atoms with van der Waals surface area (Å²) in [5, 5.41) is 12.8. The number of hydrogen-bond acceptors (Lipinski definition) is 4. The van der Waals surface area contributed by atoms with Crippen molar-refractivity contribution in [3.05, 3.63) is 64.9 Å². The molecule has 4 aromatic rings. The molecule has 0 aliphatic heterocycles.